The van der Waals surface area contributed by atoms with E-state index in [1.54, 1.807) is 33.9 Å². The molecule has 3 N–H and O–H groups in total. The van der Waals surface area contributed by atoms with Gasteiger partial charge in [0.15, 0.2) is 0 Å². The molecule has 15 heteroatoms. The zero-order chi connectivity index (χ0) is 39.8. The average Bonchev–Trinajstić information content (AvgIpc) is 4.08. The molecule has 4 amide bonds. The minimum absolute atomic E-state index is 0.0989. The number of sulfonamides is 1. The fourth-order valence-electron chi connectivity index (χ4n) is 7.59. The van der Waals surface area contributed by atoms with Crippen molar-refractivity contribution in [3.63, 3.8) is 0 Å². The summed E-state index contributed by atoms with van der Waals surface area (Å²) in [5, 5.41) is 4.21. The molecule has 0 spiro atoms. The number of methoxy groups -OCH3 is 1. The maximum Gasteiger partial charge on any atom is 0.426 e. The van der Waals surface area contributed by atoms with Crippen LogP contribution in [0.5, 0.6) is 11.5 Å². The zero-order valence-electron chi connectivity index (χ0n) is 32.1. The number of nitrogens with zero attached hydrogens (tertiary/aromatic N) is 2. The second-order valence-corrected chi connectivity index (χ2v) is 18.1. The van der Waals surface area contributed by atoms with Gasteiger partial charge in [-0.1, -0.05) is 42.5 Å². The summed E-state index contributed by atoms with van der Waals surface area (Å²) in [6, 6.07) is 16.9. The molecule has 3 aromatic rings. The van der Waals surface area contributed by atoms with E-state index in [0.29, 0.717) is 60.2 Å². The topological polar surface area (TPSA) is 182 Å². The van der Waals surface area contributed by atoms with Crippen LogP contribution >= 0.6 is 0 Å². The molecule has 2 aromatic carbocycles. The number of pyridine rings is 1. The van der Waals surface area contributed by atoms with E-state index in [0.717, 1.165) is 5.56 Å². The SMILES string of the molecule is COc1ccc2c(O[C@@H]3C[C@H]4C(=O)N[C@]5(C(=O)NS(=O)(=O)C6CC6)C[C@H]5C=CCCCCN(NC(=O)OC(C)(C)C)C(=O)[C@@H]4C3)cc(-c3ccccc3)nc2c1. The summed E-state index contributed by atoms with van der Waals surface area (Å²) in [6.07, 6.45) is 5.47. The van der Waals surface area contributed by atoms with Gasteiger partial charge in [0, 0.05) is 35.5 Å². The lowest BCUT2D eigenvalue weighted by atomic mass is 9.93. The second-order valence-electron chi connectivity index (χ2n) is 16.2. The maximum atomic E-state index is 14.6. The number of hydrogen-bond acceptors (Lipinski definition) is 10. The number of aromatic nitrogens is 1. The van der Waals surface area contributed by atoms with Crippen molar-refractivity contribution in [2.75, 3.05) is 13.7 Å². The number of hydrazine groups is 1. The molecule has 3 fully saturated rings. The van der Waals surface area contributed by atoms with Crippen molar-refractivity contribution in [1.82, 2.24) is 25.5 Å². The highest BCUT2D eigenvalue weighted by atomic mass is 32.2. The Balaban J connectivity index is 1.22. The number of nitrogens with one attached hydrogen (secondary N) is 3. The number of carbonyl (C=O) groups excluding carboxylic acids is 4. The maximum absolute atomic E-state index is 14.6. The van der Waals surface area contributed by atoms with Gasteiger partial charge in [0.05, 0.1) is 35.4 Å². The minimum atomic E-state index is -3.89. The highest BCUT2D eigenvalue weighted by molar-refractivity contribution is 7.91. The van der Waals surface area contributed by atoms with Crippen molar-refractivity contribution in [3.05, 3.63) is 66.7 Å². The van der Waals surface area contributed by atoms with Crippen LogP contribution in [0.4, 0.5) is 4.79 Å². The van der Waals surface area contributed by atoms with Crippen LogP contribution < -0.4 is 24.9 Å². The number of benzene rings is 2. The van der Waals surface area contributed by atoms with Gasteiger partial charge in [-0.05, 0) is 84.3 Å². The first kappa shape index (κ1) is 39.1. The Morgan fingerprint density at radius 3 is 2.46 bits per heavy atom. The van der Waals surface area contributed by atoms with Crippen LogP contribution in [0, 0.1) is 17.8 Å². The lowest BCUT2D eigenvalue weighted by molar-refractivity contribution is -0.144. The molecule has 0 bridgehead atoms. The molecule has 4 aliphatic rings. The average molecular weight is 788 g/mol. The number of fused-ring (bicyclic) bond motifs is 3. The Morgan fingerprint density at radius 1 is 1.00 bits per heavy atom. The normalized spacial score (nSPS) is 25.6. The Morgan fingerprint density at radius 2 is 1.75 bits per heavy atom. The molecule has 298 valence electrons. The third-order valence-corrected chi connectivity index (χ3v) is 12.6. The summed E-state index contributed by atoms with van der Waals surface area (Å²) in [5.41, 5.74) is 2.45. The molecule has 0 saturated heterocycles. The monoisotopic (exact) mass is 787 g/mol. The third-order valence-electron chi connectivity index (χ3n) is 10.7. The van der Waals surface area contributed by atoms with Crippen molar-refractivity contribution in [2.24, 2.45) is 17.8 Å². The Labute approximate surface area is 326 Å². The van der Waals surface area contributed by atoms with Gasteiger partial charge in [-0.3, -0.25) is 24.1 Å². The number of rotatable bonds is 8. The Kier molecular flexibility index (Phi) is 10.7. The van der Waals surface area contributed by atoms with Gasteiger partial charge in [-0.25, -0.2) is 23.6 Å². The van der Waals surface area contributed by atoms with Crippen molar-refractivity contribution in [1.29, 1.82) is 0 Å². The number of carbonyl (C=O) groups is 4. The highest BCUT2D eigenvalue weighted by Gasteiger charge is 2.62. The number of ether oxygens (including phenoxy) is 3. The molecule has 0 unspecified atom stereocenters. The fourth-order valence-corrected chi connectivity index (χ4v) is 8.95. The molecule has 1 aliphatic heterocycles. The molecule has 56 heavy (non-hydrogen) atoms. The largest absolute Gasteiger partial charge is 0.497 e. The van der Waals surface area contributed by atoms with Crippen LogP contribution in [0.1, 0.15) is 72.1 Å². The molecular formula is C41H49N5O9S. The van der Waals surface area contributed by atoms with Crippen LogP contribution in [-0.2, 0) is 29.1 Å². The summed E-state index contributed by atoms with van der Waals surface area (Å²) in [5.74, 6) is -3.13. The standard InChI is InChI=1S/C41H49N5O9S/c1-40(2,3)55-39(50)44-46-19-11-6-5-10-14-26-24-41(26,38(49)45-56(51,52)29-16-17-29)43-36(47)31-20-28(21-32(31)37(46)48)54-35-23-33(25-12-8-7-9-13-25)42-34-22-27(53-4)15-18-30(34)35/h7-10,12-15,18,22-23,26,28-29,31-32H,5-6,11,16-17,19-21,24H2,1-4H3,(H,43,47)(H,44,50)(H,45,49)/t26-,28-,31-,32-,41-/m1/s1. The first-order valence-corrected chi connectivity index (χ1v) is 20.8. The van der Waals surface area contributed by atoms with Crippen LogP contribution in [0.25, 0.3) is 22.2 Å². The van der Waals surface area contributed by atoms with Crippen molar-refractivity contribution < 1.29 is 41.8 Å². The molecule has 1 aromatic heterocycles. The van der Waals surface area contributed by atoms with E-state index in [-0.39, 0.29) is 25.8 Å². The summed E-state index contributed by atoms with van der Waals surface area (Å²) < 4.78 is 45.6. The summed E-state index contributed by atoms with van der Waals surface area (Å²) in [7, 11) is -2.32. The summed E-state index contributed by atoms with van der Waals surface area (Å²) in [6.45, 7) is 5.34. The lowest BCUT2D eigenvalue weighted by Crippen LogP contribution is -2.55. The first-order chi connectivity index (χ1) is 26.7. The van der Waals surface area contributed by atoms with Gasteiger partial charge in [-0.15, -0.1) is 0 Å². The highest BCUT2D eigenvalue weighted by Crippen LogP contribution is 2.47. The van der Waals surface area contributed by atoms with Crippen molar-refractivity contribution in [3.8, 4) is 22.8 Å². The van der Waals surface area contributed by atoms with E-state index in [1.165, 1.54) is 5.01 Å². The van der Waals surface area contributed by atoms with E-state index in [2.05, 4.69) is 15.5 Å². The Hall–Kier alpha value is -5.18. The van der Waals surface area contributed by atoms with E-state index in [4.69, 9.17) is 19.2 Å². The summed E-state index contributed by atoms with van der Waals surface area (Å²) in [4.78, 5) is 60.7. The molecule has 14 nitrogen and oxygen atoms in total. The van der Waals surface area contributed by atoms with Gasteiger partial charge >= 0.3 is 6.09 Å². The smallest absolute Gasteiger partial charge is 0.426 e. The van der Waals surface area contributed by atoms with Crippen molar-refractivity contribution in [2.45, 2.75) is 94.6 Å². The quantitative estimate of drug-likeness (QED) is 0.258. The minimum Gasteiger partial charge on any atom is -0.497 e. The van der Waals surface area contributed by atoms with Gasteiger partial charge in [-0.2, -0.15) is 0 Å². The molecule has 0 radical (unpaired) electrons. The molecule has 5 atom stereocenters. The van der Waals surface area contributed by atoms with Gasteiger partial charge < -0.3 is 19.5 Å². The molecule has 3 aliphatic carbocycles. The molecule has 7 rings (SSSR count). The Bertz CT molecular complexity index is 2150. The van der Waals surface area contributed by atoms with E-state index >= 15 is 0 Å². The third kappa shape index (κ3) is 8.62. The first-order valence-electron chi connectivity index (χ1n) is 19.2. The predicted octanol–water partition coefficient (Wildman–Crippen LogP) is 5.18. The van der Waals surface area contributed by atoms with Gasteiger partial charge in [0.1, 0.15) is 28.7 Å². The molecule has 2 heterocycles. The molecule has 3 saturated carbocycles. The number of amides is 4. The van der Waals surface area contributed by atoms with Crippen LogP contribution in [-0.4, -0.2) is 78.4 Å². The second kappa shape index (κ2) is 15.4. The van der Waals surface area contributed by atoms with Gasteiger partial charge in [0.25, 0.3) is 5.91 Å². The van der Waals surface area contributed by atoms with Crippen LogP contribution in [0.3, 0.4) is 0 Å². The summed E-state index contributed by atoms with van der Waals surface area (Å²) >= 11 is 0. The van der Waals surface area contributed by atoms with E-state index in [9.17, 15) is 27.6 Å². The van der Waals surface area contributed by atoms with Crippen LogP contribution in [0.15, 0.2) is 66.7 Å². The lowest BCUT2D eigenvalue weighted by Gasteiger charge is -2.30. The fraction of sp³-hybridized carbons (Fsp3) is 0.488. The van der Waals surface area contributed by atoms with Crippen molar-refractivity contribution >= 4 is 44.7 Å². The van der Waals surface area contributed by atoms with E-state index in [1.807, 2.05) is 60.7 Å². The zero-order valence-corrected chi connectivity index (χ0v) is 32.9. The number of hydrogen-bond donors (Lipinski definition) is 3. The van der Waals surface area contributed by atoms with Crippen LogP contribution in [0.2, 0.25) is 0 Å². The number of allylic oxidation sites excluding steroid dienone is 1. The van der Waals surface area contributed by atoms with E-state index < -0.39 is 74.1 Å². The molecular weight excluding hydrogens is 739 g/mol. The van der Waals surface area contributed by atoms with Gasteiger partial charge in [0.2, 0.25) is 21.8 Å². The predicted molar refractivity (Wildman–Crippen MR) is 207 cm³/mol.